The Morgan fingerprint density at radius 3 is 2.55 bits per heavy atom. The van der Waals surface area contributed by atoms with Crippen molar-refractivity contribution in [3.8, 4) is 0 Å². The minimum absolute atomic E-state index is 0.160. The molecule has 4 nitrogen and oxygen atoms in total. The molecule has 60 valence electrons. The van der Waals surface area contributed by atoms with Gasteiger partial charge >= 0.3 is 0 Å². The van der Waals surface area contributed by atoms with Crippen LogP contribution in [-0.4, -0.2) is 18.4 Å². The Morgan fingerprint density at radius 1 is 1.55 bits per heavy atom. The summed E-state index contributed by atoms with van der Waals surface area (Å²) >= 11 is 0. The predicted molar refractivity (Wildman–Crippen MR) is 39.8 cm³/mol. The maximum Gasteiger partial charge on any atom is 0.278 e. The van der Waals surface area contributed by atoms with E-state index < -0.39 is 9.05 Å². The van der Waals surface area contributed by atoms with Gasteiger partial charge in [0.1, 0.15) is 5.82 Å². The van der Waals surface area contributed by atoms with Crippen LogP contribution in [0.2, 0.25) is 0 Å². The summed E-state index contributed by atoms with van der Waals surface area (Å²) in [5.41, 5.74) is 0. The van der Waals surface area contributed by atoms with Gasteiger partial charge in [-0.15, -0.1) is 0 Å². The zero-order valence-corrected chi connectivity index (χ0v) is 7.22. The van der Waals surface area contributed by atoms with Crippen molar-refractivity contribution >= 4 is 19.7 Å². The molecule has 0 aromatic carbocycles. The molecule has 0 amide bonds. The average Bonchev–Trinajstić information content (AvgIpc) is 1.86. The fraction of sp³-hybridized carbons (Fsp3) is 0.200. The molecular formula is C5H5ClN2O2S. The van der Waals surface area contributed by atoms with Crippen LogP contribution in [-0.2, 0) is 9.05 Å². The van der Waals surface area contributed by atoms with E-state index in [0.29, 0.717) is 5.82 Å². The second-order valence-electron chi connectivity index (χ2n) is 1.88. The molecule has 0 atom stereocenters. The normalized spacial score (nSPS) is 11.5. The van der Waals surface area contributed by atoms with Crippen LogP contribution in [0.1, 0.15) is 5.82 Å². The van der Waals surface area contributed by atoms with Crippen molar-refractivity contribution in [3.05, 3.63) is 18.1 Å². The summed E-state index contributed by atoms with van der Waals surface area (Å²) in [5.74, 6) is 0.381. The second-order valence-corrected chi connectivity index (χ2v) is 4.39. The number of rotatable bonds is 1. The van der Waals surface area contributed by atoms with Crippen molar-refractivity contribution < 1.29 is 8.42 Å². The molecular weight excluding hydrogens is 188 g/mol. The fourth-order valence-electron chi connectivity index (χ4n) is 0.570. The third kappa shape index (κ3) is 2.13. The van der Waals surface area contributed by atoms with Crippen molar-refractivity contribution in [2.75, 3.05) is 0 Å². The molecule has 0 saturated heterocycles. The molecule has 1 rings (SSSR count). The average molecular weight is 193 g/mol. The van der Waals surface area contributed by atoms with Crippen LogP contribution in [0.25, 0.3) is 0 Å². The number of aromatic nitrogens is 2. The molecule has 0 fully saturated rings. The summed E-state index contributed by atoms with van der Waals surface area (Å²) in [4.78, 5) is 7.33. The van der Waals surface area contributed by atoms with Crippen LogP contribution >= 0.6 is 10.7 Å². The Bertz CT molecular complexity index is 363. The predicted octanol–water partition coefficient (Wildman–Crippen LogP) is 0.713. The lowest BCUT2D eigenvalue weighted by molar-refractivity contribution is 0.605. The van der Waals surface area contributed by atoms with E-state index in [9.17, 15) is 8.42 Å². The van der Waals surface area contributed by atoms with Gasteiger partial charge in [-0.2, -0.15) is 0 Å². The first-order valence-corrected chi connectivity index (χ1v) is 5.05. The van der Waals surface area contributed by atoms with Crippen LogP contribution < -0.4 is 0 Å². The van der Waals surface area contributed by atoms with Gasteiger partial charge in [-0.1, -0.05) is 0 Å². The van der Waals surface area contributed by atoms with Crippen LogP contribution in [0, 0.1) is 6.92 Å². The summed E-state index contributed by atoms with van der Waals surface area (Å²) in [7, 11) is 1.31. The maximum atomic E-state index is 10.7. The van der Waals surface area contributed by atoms with Crippen LogP contribution in [0.3, 0.4) is 0 Å². The van der Waals surface area contributed by atoms with E-state index in [1.54, 1.807) is 6.92 Å². The van der Waals surface area contributed by atoms with E-state index in [2.05, 4.69) is 9.97 Å². The quantitative estimate of drug-likeness (QED) is 0.486. The zero-order valence-electron chi connectivity index (χ0n) is 5.65. The van der Waals surface area contributed by atoms with Crippen molar-refractivity contribution in [1.29, 1.82) is 0 Å². The smallest absolute Gasteiger partial charge is 0.242 e. The Balaban J connectivity index is 3.28. The lowest BCUT2D eigenvalue weighted by atomic mass is 10.6. The summed E-state index contributed by atoms with van der Waals surface area (Å²) in [6.07, 6.45) is 1.34. The molecule has 0 radical (unpaired) electrons. The zero-order chi connectivity index (χ0) is 8.48. The van der Waals surface area contributed by atoms with Gasteiger partial charge in [0.25, 0.3) is 9.05 Å². The van der Waals surface area contributed by atoms with E-state index in [1.807, 2.05) is 0 Å². The maximum absolute atomic E-state index is 10.7. The highest BCUT2D eigenvalue weighted by atomic mass is 35.7. The standard InChI is InChI=1S/C5H5ClN2O2S/c1-4-7-3-2-5(8-4)11(6,9)10/h2-3H,1H3. The molecule has 6 heteroatoms. The van der Waals surface area contributed by atoms with E-state index in [0.717, 1.165) is 0 Å². The Labute approximate surface area is 68.7 Å². The van der Waals surface area contributed by atoms with Crippen molar-refractivity contribution in [2.24, 2.45) is 0 Å². The molecule has 0 aliphatic heterocycles. The fourth-order valence-corrected chi connectivity index (χ4v) is 1.29. The number of halogens is 1. The van der Waals surface area contributed by atoms with Gasteiger partial charge < -0.3 is 0 Å². The third-order valence-electron chi connectivity index (χ3n) is 1.00. The van der Waals surface area contributed by atoms with Crippen LogP contribution in [0.4, 0.5) is 0 Å². The SMILES string of the molecule is Cc1nccc(S(=O)(=O)Cl)n1. The summed E-state index contributed by atoms with van der Waals surface area (Å²) in [5, 5.41) is -0.160. The lowest BCUT2D eigenvalue weighted by Gasteiger charge is -1.93. The molecule has 0 unspecified atom stereocenters. The Hall–Kier alpha value is -0.680. The first kappa shape index (κ1) is 8.42. The van der Waals surface area contributed by atoms with Crippen molar-refractivity contribution in [1.82, 2.24) is 9.97 Å². The minimum atomic E-state index is -3.70. The number of nitrogens with zero attached hydrogens (tertiary/aromatic N) is 2. The largest absolute Gasteiger partial charge is 0.278 e. The molecule has 1 aromatic heterocycles. The molecule has 0 bridgehead atoms. The van der Waals surface area contributed by atoms with Gasteiger partial charge in [0.05, 0.1) is 0 Å². The molecule has 0 N–H and O–H groups in total. The first-order valence-electron chi connectivity index (χ1n) is 2.74. The van der Waals surface area contributed by atoms with Crippen LogP contribution in [0.5, 0.6) is 0 Å². The highest BCUT2D eigenvalue weighted by Gasteiger charge is 2.10. The van der Waals surface area contributed by atoms with Crippen LogP contribution in [0.15, 0.2) is 17.3 Å². The van der Waals surface area contributed by atoms with Gasteiger partial charge in [0, 0.05) is 16.9 Å². The summed E-state index contributed by atoms with van der Waals surface area (Å²) in [6, 6.07) is 1.25. The monoisotopic (exact) mass is 192 g/mol. The molecule has 0 aliphatic carbocycles. The Kier molecular flexibility index (Phi) is 2.10. The highest BCUT2D eigenvalue weighted by molar-refractivity contribution is 8.13. The summed E-state index contributed by atoms with van der Waals surface area (Å²) < 4.78 is 21.3. The molecule has 11 heavy (non-hydrogen) atoms. The van der Waals surface area contributed by atoms with Gasteiger partial charge in [-0.25, -0.2) is 18.4 Å². The Morgan fingerprint density at radius 2 is 2.18 bits per heavy atom. The van der Waals surface area contributed by atoms with Gasteiger partial charge in [0.15, 0.2) is 5.03 Å². The van der Waals surface area contributed by atoms with E-state index in [4.69, 9.17) is 10.7 Å². The lowest BCUT2D eigenvalue weighted by Crippen LogP contribution is -1.97. The molecule has 0 spiro atoms. The second kappa shape index (κ2) is 2.75. The van der Waals surface area contributed by atoms with E-state index in [-0.39, 0.29) is 5.03 Å². The molecule has 0 saturated carbocycles. The van der Waals surface area contributed by atoms with Gasteiger partial charge in [0.2, 0.25) is 0 Å². The topological polar surface area (TPSA) is 59.9 Å². The van der Waals surface area contributed by atoms with Crippen molar-refractivity contribution in [3.63, 3.8) is 0 Å². The van der Waals surface area contributed by atoms with Gasteiger partial charge in [-0.05, 0) is 13.0 Å². The number of hydrogen-bond donors (Lipinski definition) is 0. The minimum Gasteiger partial charge on any atom is -0.242 e. The summed E-state index contributed by atoms with van der Waals surface area (Å²) in [6.45, 7) is 1.59. The first-order chi connectivity index (χ1) is 5.00. The number of aryl methyl sites for hydroxylation is 1. The van der Waals surface area contributed by atoms with E-state index in [1.165, 1.54) is 12.3 Å². The third-order valence-corrected chi connectivity index (χ3v) is 2.20. The van der Waals surface area contributed by atoms with E-state index >= 15 is 0 Å². The molecule has 0 aliphatic rings. The highest BCUT2D eigenvalue weighted by Crippen LogP contribution is 2.09. The van der Waals surface area contributed by atoms with Gasteiger partial charge in [-0.3, -0.25) is 0 Å². The van der Waals surface area contributed by atoms with Crippen molar-refractivity contribution in [2.45, 2.75) is 11.9 Å². The molecule has 1 heterocycles. The number of hydrogen-bond acceptors (Lipinski definition) is 4. The molecule has 1 aromatic rings.